The van der Waals surface area contributed by atoms with Crippen molar-refractivity contribution in [3.8, 4) is 0 Å². The standard InChI is InChI=1S/C19H20Cl2N4O/c20-16-4-3-5-17(21)15(16)13-25-10-7-14(8-11-25)12-23-24-19(26)18-6-1-2-9-22-18/h1-6,9,12,14H,7-8,10-11,13H2,(H,24,26). The molecule has 0 bridgehead atoms. The number of nitrogens with zero attached hydrogens (tertiary/aromatic N) is 3. The van der Waals surface area contributed by atoms with Gasteiger partial charge in [0.25, 0.3) is 5.91 Å². The Labute approximate surface area is 163 Å². The monoisotopic (exact) mass is 390 g/mol. The van der Waals surface area contributed by atoms with Crippen molar-refractivity contribution in [1.82, 2.24) is 15.3 Å². The maximum atomic E-state index is 11.9. The fraction of sp³-hybridized carbons (Fsp3) is 0.316. The topological polar surface area (TPSA) is 57.6 Å². The Bertz CT molecular complexity index is 754. The van der Waals surface area contributed by atoms with Crippen molar-refractivity contribution in [3.05, 3.63) is 63.9 Å². The van der Waals surface area contributed by atoms with Gasteiger partial charge in [0.1, 0.15) is 5.69 Å². The van der Waals surface area contributed by atoms with E-state index in [1.807, 2.05) is 24.4 Å². The van der Waals surface area contributed by atoms with Crippen LogP contribution >= 0.6 is 23.2 Å². The van der Waals surface area contributed by atoms with Crippen molar-refractivity contribution in [3.63, 3.8) is 0 Å². The van der Waals surface area contributed by atoms with Crippen LogP contribution in [-0.2, 0) is 6.54 Å². The van der Waals surface area contributed by atoms with E-state index >= 15 is 0 Å². The molecule has 0 unspecified atom stereocenters. The minimum absolute atomic E-state index is 0.298. The predicted molar refractivity (Wildman–Crippen MR) is 105 cm³/mol. The highest BCUT2D eigenvalue weighted by atomic mass is 35.5. The molecule has 3 rings (SSSR count). The lowest BCUT2D eigenvalue weighted by molar-refractivity contribution is 0.0949. The van der Waals surface area contributed by atoms with Crippen LogP contribution in [0, 0.1) is 5.92 Å². The van der Waals surface area contributed by atoms with Crippen molar-refractivity contribution < 1.29 is 4.79 Å². The van der Waals surface area contributed by atoms with Crippen LogP contribution in [0.1, 0.15) is 28.9 Å². The summed E-state index contributed by atoms with van der Waals surface area (Å²) in [6.07, 6.45) is 5.36. The molecule has 0 aliphatic carbocycles. The lowest BCUT2D eigenvalue weighted by Crippen LogP contribution is -2.34. The molecule has 1 N–H and O–H groups in total. The number of hydrogen-bond donors (Lipinski definition) is 1. The Morgan fingerprint density at radius 1 is 1.19 bits per heavy atom. The predicted octanol–water partition coefficient (Wildman–Crippen LogP) is 4.02. The molecule has 0 spiro atoms. The Balaban J connectivity index is 1.46. The van der Waals surface area contributed by atoms with Crippen molar-refractivity contribution in [2.24, 2.45) is 11.0 Å². The first-order chi connectivity index (χ1) is 12.6. The number of piperidine rings is 1. The molecule has 7 heteroatoms. The number of likely N-dealkylation sites (tertiary alicyclic amines) is 1. The molecular weight excluding hydrogens is 371 g/mol. The third kappa shape index (κ3) is 5.04. The molecule has 0 atom stereocenters. The summed E-state index contributed by atoms with van der Waals surface area (Å²) in [5.41, 5.74) is 3.87. The fourth-order valence-electron chi connectivity index (χ4n) is 2.92. The molecule has 1 saturated heterocycles. The number of carbonyl (C=O) groups excluding carboxylic acids is 1. The summed E-state index contributed by atoms with van der Waals surface area (Å²) in [5, 5.41) is 5.50. The Hall–Kier alpha value is -1.95. The Kier molecular flexibility index (Phi) is 6.61. The van der Waals surface area contributed by atoms with Crippen LogP contribution in [0.4, 0.5) is 0 Å². The van der Waals surface area contributed by atoms with Gasteiger partial charge < -0.3 is 0 Å². The number of hydrazone groups is 1. The van der Waals surface area contributed by atoms with Crippen molar-refractivity contribution in [2.45, 2.75) is 19.4 Å². The van der Waals surface area contributed by atoms with Gasteiger partial charge in [-0.05, 0) is 56.1 Å². The van der Waals surface area contributed by atoms with Crippen LogP contribution in [-0.4, -0.2) is 35.1 Å². The Morgan fingerprint density at radius 2 is 1.92 bits per heavy atom. The van der Waals surface area contributed by atoms with Crippen molar-refractivity contribution in [2.75, 3.05) is 13.1 Å². The second-order valence-corrected chi connectivity index (χ2v) is 7.06. The maximum Gasteiger partial charge on any atom is 0.289 e. The third-order valence-corrected chi connectivity index (χ3v) is 5.13. The summed E-state index contributed by atoms with van der Waals surface area (Å²) in [5.74, 6) is 0.0460. The molecule has 136 valence electrons. The lowest BCUT2D eigenvalue weighted by atomic mass is 9.98. The number of carbonyl (C=O) groups is 1. The number of nitrogens with one attached hydrogen (secondary N) is 1. The van der Waals surface area contributed by atoms with Crippen LogP contribution in [0.3, 0.4) is 0 Å². The maximum absolute atomic E-state index is 11.9. The minimum atomic E-state index is -0.298. The van der Waals surface area contributed by atoms with Gasteiger partial charge in [0.2, 0.25) is 0 Å². The first kappa shape index (κ1) is 18.8. The van der Waals surface area contributed by atoms with Gasteiger partial charge in [-0.2, -0.15) is 5.10 Å². The highest BCUT2D eigenvalue weighted by molar-refractivity contribution is 6.35. The first-order valence-corrected chi connectivity index (χ1v) is 9.29. The summed E-state index contributed by atoms with van der Waals surface area (Å²) in [6, 6.07) is 10.8. The number of aromatic nitrogens is 1. The summed E-state index contributed by atoms with van der Waals surface area (Å²) in [6.45, 7) is 2.62. The van der Waals surface area contributed by atoms with Gasteiger partial charge in [-0.3, -0.25) is 14.7 Å². The van der Waals surface area contributed by atoms with Gasteiger partial charge in [0.05, 0.1) is 0 Å². The molecule has 0 saturated carbocycles. The van der Waals surface area contributed by atoms with E-state index in [0.29, 0.717) is 21.7 Å². The van der Waals surface area contributed by atoms with E-state index in [0.717, 1.165) is 38.0 Å². The lowest BCUT2D eigenvalue weighted by Gasteiger charge is -2.30. The second-order valence-electron chi connectivity index (χ2n) is 6.25. The number of pyridine rings is 1. The van der Waals surface area contributed by atoms with Gasteiger partial charge in [-0.25, -0.2) is 5.43 Å². The largest absolute Gasteiger partial charge is 0.299 e. The molecule has 1 fully saturated rings. The highest BCUT2D eigenvalue weighted by Crippen LogP contribution is 2.27. The zero-order chi connectivity index (χ0) is 18.4. The van der Waals surface area contributed by atoms with E-state index in [2.05, 4.69) is 20.4 Å². The quantitative estimate of drug-likeness (QED) is 0.619. The van der Waals surface area contributed by atoms with E-state index in [4.69, 9.17) is 23.2 Å². The van der Waals surface area contributed by atoms with Crippen LogP contribution < -0.4 is 5.43 Å². The van der Waals surface area contributed by atoms with Gasteiger partial charge in [0.15, 0.2) is 0 Å². The highest BCUT2D eigenvalue weighted by Gasteiger charge is 2.19. The average Bonchev–Trinajstić information content (AvgIpc) is 2.67. The Morgan fingerprint density at radius 3 is 2.58 bits per heavy atom. The average molecular weight is 391 g/mol. The number of amides is 1. The van der Waals surface area contributed by atoms with Crippen LogP contribution in [0.2, 0.25) is 10.0 Å². The van der Waals surface area contributed by atoms with Crippen LogP contribution in [0.15, 0.2) is 47.7 Å². The first-order valence-electron chi connectivity index (χ1n) is 8.53. The molecule has 1 aliphatic heterocycles. The van der Waals surface area contributed by atoms with Gasteiger partial charge in [0, 0.05) is 34.6 Å². The van der Waals surface area contributed by atoms with E-state index in [1.165, 1.54) is 0 Å². The van der Waals surface area contributed by atoms with E-state index < -0.39 is 0 Å². The van der Waals surface area contributed by atoms with E-state index in [1.54, 1.807) is 24.4 Å². The van der Waals surface area contributed by atoms with Gasteiger partial charge in [-0.15, -0.1) is 0 Å². The van der Waals surface area contributed by atoms with Crippen molar-refractivity contribution in [1.29, 1.82) is 0 Å². The second kappa shape index (κ2) is 9.12. The summed E-state index contributed by atoms with van der Waals surface area (Å²) >= 11 is 12.5. The minimum Gasteiger partial charge on any atom is -0.299 e. The molecular formula is C19H20Cl2N4O. The van der Waals surface area contributed by atoms with E-state index in [-0.39, 0.29) is 5.91 Å². The molecule has 1 aliphatic rings. The smallest absolute Gasteiger partial charge is 0.289 e. The van der Waals surface area contributed by atoms with E-state index in [9.17, 15) is 4.79 Å². The zero-order valence-corrected chi connectivity index (χ0v) is 15.7. The van der Waals surface area contributed by atoms with Gasteiger partial charge >= 0.3 is 0 Å². The molecule has 5 nitrogen and oxygen atoms in total. The van der Waals surface area contributed by atoms with Crippen molar-refractivity contribution >= 4 is 35.3 Å². The number of rotatable bonds is 5. The molecule has 1 aromatic carbocycles. The summed E-state index contributed by atoms with van der Waals surface area (Å²) in [4.78, 5) is 18.2. The number of halogens is 2. The number of benzene rings is 1. The van der Waals surface area contributed by atoms with Crippen LogP contribution in [0.25, 0.3) is 0 Å². The molecule has 2 heterocycles. The zero-order valence-electron chi connectivity index (χ0n) is 14.2. The molecule has 1 amide bonds. The fourth-order valence-corrected chi connectivity index (χ4v) is 3.44. The number of hydrogen-bond acceptors (Lipinski definition) is 4. The molecule has 2 aromatic rings. The summed E-state index contributed by atoms with van der Waals surface area (Å²) in [7, 11) is 0. The third-order valence-electron chi connectivity index (χ3n) is 4.42. The SMILES string of the molecule is O=C(NN=CC1CCN(Cc2c(Cl)cccc2Cl)CC1)c1ccccn1. The summed E-state index contributed by atoms with van der Waals surface area (Å²) < 4.78 is 0. The van der Waals surface area contributed by atoms with Crippen LogP contribution in [0.5, 0.6) is 0 Å². The molecule has 0 radical (unpaired) electrons. The normalized spacial score (nSPS) is 16.1. The van der Waals surface area contributed by atoms with Gasteiger partial charge in [-0.1, -0.05) is 35.3 Å². The molecule has 1 aromatic heterocycles. The molecule has 26 heavy (non-hydrogen) atoms.